The topological polar surface area (TPSA) is 94.4 Å². The Labute approximate surface area is 110 Å². The fourth-order valence-corrected chi connectivity index (χ4v) is 2.18. The zero-order chi connectivity index (χ0) is 13.2. The smallest absolute Gasteiger partial charge is 0.261 e. The second-order valence-corrected chi connectivity index (χ2v) is 4.69. The summed E-state index contributed by atoms with van der Waals surface area (Å²) in [6.45, 7) is 1.54. The fourth-order valence-electron chi connectivity index (χ4n) is 2.18. The highest BCUT2D eigenvalue weighted by Crippen LogP contribution is 2.32. The lowest BCUT2D eigenvalue weighted by Gasteiger charge is -2.02. The second-order valence-electron chi connectivity index (χ2n) is 4.69. The van der Waals surface area contributed by atoms with Gasteiger partial charge in [0.25, 0.3) is 5.89 Å². The van der Waals surface area contributed by atoms with Crippen LogP contribution in [0.25, 0.3) is 11.5 Å². The number of para-hydroxylation sites is 1. The summed E-state index contributed by atoms with van der Waals surface area (Å²) < 4.78 is 10.5. The highest BCUT2D eigenvalue weighted by Gasteiger charge is 2.20. The molecule has 1 saturated heterocycles. The van der Waals surface area contributed by atoms with Gasteiger partial charge in [0, 0.05) is 19.6 Å². The number of phenolic OH excluding ortho intramolecular Hbond substituents is 1. The molecule has 0 saturated carbocycles. The van der Waals surface area contributed by atoms with E-state index in [1.165, 1.54) is 0 Å². The third-order valence-electron chi connectivity index (χ3n) is 3.26. The van der Waals surface area contributed by atoms with Gasteiger partial charge in [0.1, 0.15) is 0 Å². The maximum absolute atomic E-state index is 9.87. The first-order chi connectivity index (χ1) is 9.24. The van der Waals surface area contributed by atoms with Crippen molar-refractivity contribution in [3.05, 3.63) is 24.0 Å². The third-order valence-corrected chi connectivity index (χ3v) is 3.26. The number of hydrogen-bond acceptors (Lipinski definition) is 6. The first kappa shape index (κ1) is 12.0. The summed E-state index contributed by atoms with van der Waals surface area (Å²) in [5, 5.41) is 13.8. The molecule has 1 unspecified atom stereocenters. The van der Waals surface area contributed by atoms with Gasteiger partial charge in [-0.3, -0.25) is 0 Å². The molecule has 3 rings (SSSR count). The molecule has 1 aliphatic rings. The van der Waals surface area contributed by atoms with Crippen molar-refractivity contribution in [2.75, 3.05) is 18.9 Å². The van der Waals surface area contributed by atoms with Crippen molar-refractivity contribution < 1.29 is 14.4 Å². The number of hydrogen-bond donors (Lipinski definition) is 2. The summed E-state index contributed by atoms with van der Waals surface area (Å²) >= 11 is 0. The van der Waals surface area contributed by atoms with E-state index in [1.807, 2.05) is 0 Å². The summed E-state index contributed by atoms with van der Waals surface area (Å²) in [5.74, 6) is 1.34. The Bertz CT molecular complexity index is 576. The number of nitrogens with two attached hydrogens (primary N) is 1. The summed E-state index contributed by atoms with van der Waals surface area (Å²) in [5.41, 5.74) is 6.39. The van der Waals surface area contributed by atoms with Crippen molar-refractivity contribution in [1.82, 2.24) is 10.1 Å². The van der Waals surface area contributed by atoms with E-state index >= 15 is 0 Å². The lowest BCUT2D eigenvalue weighted by molar-refractivity contribution is 0.185. The molecule has 1 aromatic carbocycles. The first-order valence-electron chi connectivity index (χ1n) is 6.22. The monoisotopic (exact) mass is 261 g/mol. The SMILES string of the molecule is Nc1cccc(-c2nc(CC3CCOC3)no2)c1O. The van der Waals surface area contributed by atoms with Crippen molar-refractivity contribution in [3.63, 3.8) is 0 Å². The predicted octanol–water partition coefficient (Wildman–Crippen LogP) is 1.60. The van der Waals surface area contributed by atoms with Gasteiger partial charge in [-0.05, 0) is 24.5 Å². The molecule has 1 aromatic heterocycles. The van der Waals surface area contributed by atoms with Gasteiger partial charge in [-0.2, -0.15) is 4.98 Å². The largest absolute Gasteiger partial charge is 0.505 e. The quantitative estimate of drug-likeness (QED) is 0.643. The van der Waals surface area contributed by atoms with Crippen LogP contribution in [0.4, 0.5) is 5.69 Å². The van der Waals surface area contributed by atoms with Crippen molar-refractivity contribution in [2.24, 2.45) is 5.92 Å². The van der Waals surface area contributed by atoms with E-state index in [9.17, 15) is 5.11 Å². The fraction of sp³-hybridized carbons (Fsp3) is 0.385. The van der Waals surface area contributed by atoms with Crippen LogP contribution < -0.4 is 5.73 Å². The van der Waals surface area contributed by atoms with Crippen molar-refractivity contribution in [1.29, 1.82) is 0 Å². The molecule has 0 amide bonds. The zero-order valence-electron chi connectivity index (χ0n) is 10.4. The third kappa shape index (κ3) is 2.39. The van der Waals surface area contributed by atoms with Crippen LogP contribution in [-0.2, 0) is 11.2 Å². The standard InChI is InChI=1S/C13H15N3O3/c14-10-3-1-2-9(12(10)17)13-15-11(16-19-13)6-8-4-5-18-7-8/h1-3,8,17H,4-7,14H2. The minimum absolute atomic E-state index is 0.0260. The number of nitrogen functional groups attached to an aromatic ring is 1. The number of benzene rings is 1. The number of phenols is 1. The van der Waals surface area contributed by atoms with Crippen molar-refractivity contribution in [2.45, 2.75) is 12.8 Å². The molecule has 100 valence electrons. The van der Waals surface area contributed by atoms with E-state index in [0.29, 0.717) is 28.9 Å². The average molecular weight is 261 g/mol. The second kappa shape index (κ2) is 4.89. The normalized spacial score (nSPS) is 18.8. The molecule has 1 aliphatic heterocycles. The van der Waals surface area contributed by atoms with Gasteiger partial charge in [0.15, 0.2) is 11.6 Å². The van der Waals surface area contributed by atoms with Gasteiger partial charge >= 0.3 is 0 Å². The minimum atomic E-state index is -0.0260. The summed E-state index contributed by atoms with van der Waals surface area (Å²) in [6.07, 6.45) is 1.75. The van der Waals surface area contributed by atoms with Crippen LogP contribution in [0, 0.1) is 5.92 Å². The molecule has 3 N–H and O–H groups in total. The number of rotatable bonds is 3. The Morgan fingerprint density at radius 1 is 1.42 bits per heavy atom. The van der Waals surface area contributed by atoms with Crippen LogP contribution >= 0.6 is 0 Å². The number of nitrogens with zero attached hydrogens (tertiary/aromatic N) is 2. The molecule has 2 heterocycles. The van der Waals surface area contributed by atoms with Crippen LogP contribution in [0.1, 0.15) is 12.2 Å². The molecule has 0 spiro atoms. The van der Waals surface area contributed by atoms with E-state index in [1.54, 1.807) is 18.2 Å². The molecule has 0 aliphatic carbocycles. The number of ether oxygens (including phenoxy) is 1. The Hall–Kier alpha value is -2.08. The van der Waals surface area contributed by atoms with Gasteiger partial charge in [-0.15, -0.1) is 0 Å². The summed E-state index contributed by atoms with van der Waals surface area (Å²) in [7, 11) is 0. The molecule has 1 atom stereocenters. The Balaban J connectivity index is 1.82. The molecule has 0 bridgehead atoms. The van der Waals surface area contributed by atoms with Crippen LogP contribution in [0.5, 0.6) is 5.75 Å². The maximum atomic E-state index is 9.87. The predicted molar refractivity (Wildman–Crippen MR) is 68.4 cm³/mol. The maximum Gasteiger partial charge on any atom is 0.261 e. The molecule has 1 fully saturated rings. The number of aromatic nitrogens is 2. The average Bonchev–Trinajstić information content (AvgIpc) is 3.05. The highest BCUT2D eigenvalue weighted by molar-refractivity contribution is 5.71. The van der Waals surface area contributed by atoms with Crippen LogP contribution in [-0.4, -0.2) is 28.5 Å². The van der Waals surface area contributed by atoms with Gasteiger partial charge in [0.05, 0.1) is 11.3 Å². The van der Waals surface area contributed by atoms with E-state index in [-0.39, 0.29) is 5.75 Å². The molecule has 19 heavy (non-hydrogen) atoms. The summed E-state index contributed by atoms with van der Waals surface area (Å²) in [4.78, 5) is 4.30. The first-order valence-corrected chi connectivity index (χ1v) is 6.22. The lowest BCUT2D eigenvalue weighted by atomic mass is 10.1. The molecule has 6 heteroatoms. The molecule has 6 nitrogen and oxygen atoms in total. The van der Waals surface area contributed by atoms with E-state index in [0.717, 1.165) is 26.1 Å². The zero-order valence-corrected chi connectivity index (χ0v) is 10.4. The lowest BCUT2D eigenvalue weighted by Crippen LogP contribution is -2.04. The molecular formula is C13H15N3O3. The van der Waals surface area contributed by atoms with Gasteiger partial charge in [-0.1, -0.05) is 11.2 Å². The van der Waals surface area contributed by atoms with Gasteiger partial charge in [0.2, 0.25) is 0 Å². The number of anilines is 1. The summed E-state index contributed by atoms with van der Waals surface area (Å²) in [6, 6.07) is 5.05. The van der Waals surface area contributed by atoms with Crippen LogP contribution in [0.15, 0.2) is 22.7 Å². The molecule has 2 aromatic rings. The molecular weight excluding hydrogens is 246 g/mol. The minimum Gasteiger partial charge on any atom is -0.505 e. The molecule has 0 radical (unpaired) electrons. The van der Waals surface area contributed by atoms with Crippen LogP contribution in [0.3, 0.4) is 0 Å². The Kier molecular flexibility index (Phi) is 3.08. The van der Waals surface area contributed by atoms with E-state index in [4.69, 9.17) is 15.0 Å². The number of aromatic hydroxyl groups is 1. The van der Waals surface area contributed by atoms with Gasteiger partial charge < -0.3 is 20.1 Å². The van der Waals surface area contributed by atoms with Crippen molar-refractivity contribution in [3.8, 4) is 17.2 Å². The Morgan fingerprint density at radius 3 is 3.11 bits per heavy atom. The van der Waals surface area contributed by atoms with E-state index in [2.05, 4.69) is 10.1 Å². The Morgan fingerprint density at radius 2 is 2.32 bits per heavy atom. The van der Waals surface area contributed by atoms with Gasteiger partial charge in [-0.25, -0.2) is 0 Å². The highest BCUT2D eigenvalue weighted by atomic mass is 16.5. The van der Waals surface area contributed by atoms with Crippen molar-refractivity contribution >= 4 is 5.69 Å². The van der Waals surface area contributed by atoms with Crippen LogP contribution in [0.2, 0.25) is 0 Å². The van der Waals surface area contributed by atoms with E-state index < -0.39 is 0 Å².